The first-order valence-corrected chi connectivity index (χ1v) is 19.9. The van der Waals surface area contributed by atoms with Gasteiger partial charge in [0.15, 0.2) is 0 Å². The number of carbonyl (C=O) groups is 8. The highest BCUT2D eigenvalue weighted by Gasteiger charge is 2.53. The molecule has 2 aromatic heterocycles. The van der Waals surface area contributed by atoms with Gasteiger partial charge in [0.05, 0.1) is 25.7 Å². The molecule has 0 spiro atoms. The Labute approximate surface area is 352 Å². The lowest BCUT2D eigenvalue weighted by Gasteiger charge is -2.35. The molecule has 0 amide bonds. The summed E-state index contributed by atoms with van der Waals surface area (Å²) in [5.74, 6) is -11.5. The first-order valence-electron chi connectivity index (χ1n) is 19.9. The molecular weight excluding hydrogens is 816 g/mol. The fraction of sp³-hybridized carbons (Fsp3) is 0.476. The second-order valence-corrected chi connectivity index (χ2v) is 16.6. The Kier molecular flexibility index (Phi) is 13.8. The summed E-state index contributed by atoms with van der Waals surface area (Å²) in [6.07, 6.45) is 1.62. The van der Waals surface area contributed by atoms with Gasteiger partial charge in [-0.25, -0.2) is 0 Å². The lowest BCUT2D eigenvalue weighted by Crippen LogP contribution is -2.39. The molecular formula is C42H50N4O16. The van der Waals surface area contributed by atoms with Gasteiger partial charge in [-0.3, -0.25) is 38.4 Å². The van der Waals surface area contributed by atoms with Crippen LogP contribution in [0.4, 0.5) is 0 Å². The van der Waals surface area contributed by atoms with Crippen LogP contribution in [0.3, 0.4) is 0 Å². The molecule has 20 nitrogen and oxygen atoms in total. The van der Waals surface area contributed by atoms with Crippen molar-refractivity contribution in [3.63, 3.8) is 0 Å². The summed E-state index contributed by atoms with van der Waals surface area (Å²) in [6, 6.07) is -1.82. The van der Waals surface area contributed by atoms with Gasteiger partial charge in [-0.1, -0.05) is 13.8 Å². The Morgan fingerprint density at radius 1 is 0.565 bits per heavy atom. The maximum Gasteiger partial charge on any atom is 0.307 e. The molecule has 334 valence electrons. The first kappa shape index (κ1) is 46.4. The summed E-state index contributed by atoms with van der Waals surface area (Å²) < 4.78 is 0. The van der Waals surface area contributed by atoms with Crippen molar-refractivity contribution in [1.82, 2.24) is 20.6 Å². The number of hydrogen-bond donors (Lipinski definition) is 12. The van der Waals surface area contributed by atoms with Crippen molar-refractivity contribution < 1.29 is 79.2 Å². The lowest BCUT2D eigenvalue weighted by molar-refractivity contribution is -0.141. The maximum absolute atomic E-state index is 12.6. The number of aromatic amines is 2. The monoisotopic (exact) mass is 866 g/mol. The molecule has 62 heavy (non-hydrogen) atoms. The zero-order chi connectivity index (χ0) is 45.8. The molecule has 0 aliphatic carbocycles. The Bertz CT molecular complexity index is 2390. The summed E-state index contributed by atoms with van der Waals surface area (Å²) in [6.45, 7) is 3.26. The number of allylic oxidation sites excluding steroid dienone is 2. The van der Waals surface area contributed by atoms with Crippen LogP contribution in [0, 0.1) is 22.7 Å². The number of hydrogen-bond acceptors (Lipinski definition) is 10. The number of carboxylic acid groups (broad SMARTS) is 8. The molecule has 6 atom stereocenters. The average Bonchev–Trinajstić information content (AvgIpc) is 3.77. The van der Waals surface area contributed by atoms with Crippen LogP contribution >= 0.6 is 0 Å². The van der Waals surface area contributed by atoms with Gasteiger partial charge in [-0.15, -0.1) is 0 Å². The summed E-state index contributed by atoms with van der Waals surface area (Å²) >= 11 is 0. The van der Waals surface area contributed by atoms with Gasteiger partial charge in [0, 0.05) is 88.0 Å². The van der Waals surface area contributed by atoms with Gasteiger partial charge in [-0.05, 0) is 78.2 Å². The first-order chi connectivity index (χ1) is 29.0. The minimum Gasteiger partial charge on any atom is -0.481 e. The van der Waals surface area contributed by atoms with E-state index in [1.54, 1.807) is 26.0 Å². The third-order valence-electron chi connectivity index (χ3n) is 12.4. The van der Waals surface area contributed by atoms with E-state index in [1.807, 2.05) is 0 Å². The third-order valence-corrected chi connectivity index (χ3v) is 12.4. The highest BCUT2D eigenvalue weighted by Crippen LogP contribution is 2.52. The molecule has 0 saturated carbocycles. The predicted octanol–water partition coefficient (Wildman–Crippen LogP) is 1.35. The summed E-state index contributed by atoms with van der Waals surface area (Å²) in [4.78, 5) is 104. The zero-order valence-corrected chi connectivity index (χ0v) is 33.9. The van der Waals surface area contributed by atoms with E-state index in [0.29, 0.717) is 0 Å². The van der Waals surface area contributed by atoms with Crippen molar-refractivity contribution in [3.05, 3.63) is 61.8 Å². The van der Waals surface area contributed by atoms with Crippen molar-refractivity contribution in [2.24, 2.45) is 22.7 Å². The second kappa shape index (κ2) is 18.5. The van der Waals surface area contributed by atoms with Crippen LogP contribution in [0.2, 0.25) is 0 Å². The Hall–Kier alpha value is -6.70. The molecule has 12 N–H and O–H groups in total. The number of fused-ring (bicyclic) bond motifs is 8. The zero-order valence-electron chi connectivity index (χ0n) is 33.9. The molecule has 2 fully saturated rings. The molecule has 2 saturated heterocycles. The molecule has 6 unspecified atom stereocenters. The number of aliphatic carboxylic acids is 8. The van der Waals surface area contributed by atoms with E-state index in [-0.39, 0.29) is 81.4 Å². The normalized spacial score (nSPS) is 26.6. The molecule has 3 aliphatic rings. The fourth-order valence-corrected chi connectivity index (χ4v) is 9.61. The van der Waals surface area contributed by atoms with Gasteiger partial charge in [0.25, 0.3) is 0 Å². The number of aromatic nitrogens is 2. The summed E-state index contributed by atoms with van der Waals surface area (Å²) in [7, 11) is 0. The van der Waals surface area contributed by atoms with Crippen molar-refractivity contribution >= 4 is 66.0 Å². The minimum absolute atomic E-state index is 0.0656. The molecule has 5 rings (SSSR count). The van der Waals surface area contributed by atoms with Gasteiger partial charge < -0.3 is 61.5 Å². The molecule has 8 bridgehead atoms. The van der Waals surface area contributed by atoms with E-state index < -0.39 is 134 Å². The van der Waals surface area contributed by atoms with Crippen LogP contribution in [0.1, 0.15) is 98.9 Å². The molecule has 0 aromatic carbocycles. The highest BCUT2D eigenvalue weighted by atomic mass is 16.4. The standard InChI is InChI=1S/C42H50N4O16/c1-41(17-39(59)60)23(5-9-35(51)52)29-14-27-21(11-37(55)56)19(3-7-33(47)48)25(43-27)13-26-20(4-8-34(49)50)22(12-38(57)58)28(44-26)15-31-42(2,18-40(61)62)24(6-10-36(53)54)30(46-31)16-32(41)45-29/h13-16,23-24,30-31,43-46H,3-12,17-18H2,1-2H3,(H,47,48)(H,49,50)(H,51,52)(H,53,54)(H,55,56)(H,57,58)(H,59,60)(H,61,62)/b26-13-,28-15-,29-14-,32-16-. The van der Waals surface area contributed by atoms with Crippen molar-refractivity contribution in [2.75, 3.05) is 0 Å². The summed E-state index contributed by atoms with van der Waals surface area (Å²) in [5, 5.41) is 86.9. The van der Waals surface area contributed by atoms with Crippen LogP contribution in [-0.4, -0.2) is 111 Å². The van der Waals surface area contributed by atoms with Crippen molar-refractivity contribution in [3.8, 4) is 0 Å². The van der Waals surface area contributed by atoms with Crippen LogP contribution in [0.25, 0.3) is 18.2 Å². The minimum atomic E-state index is -1.38. The topological polar surface area (TPSA) is 354 Å². The number of carboxylic acids is 8. The number of H-pyrrole nitrogens is 2. The third kappa shape index (κ3) is 10.2. The van der Waals surface area contributed by atoms with Gasteiger partial charge in [-0.2, -0.15) is 0 Å². The second-order valence-electron chi connectivity index (χ2n) is 16.6. The number of rotatable bonds is 20. The Morgan fingerprint density at radius 3 is 1.68 bits per heavy atom. The molecule has 20 heteroatoms. The summed E-state index contributed by atoms with van der Waals surface area (Å²) in [5.41, 5.74) is -1.00. The highest BCUT2D eigenvalue weighted by molar-refractivity contribution is 5.78. The van der Waals surface area contributed by atoms with Crippen LogP contribution in [-0.2, 0) is 64.0 Å². The lowest BCUT2D eigenvalue weighted by atomic mass is 9.67. The van der Waals surface area contributed by atoms with Gasteiger partial charge >= 0.3 is 47.8 Å². The van der Waals surface area contributed by atoms with Crippen molar-refractivity contribution in [2.45, 2.75) is 103 Å². The van der Waals surface area contributed by atoms with E-state index >= 15 is 0 Å². The Morgan fingerprint density at radius 2 is 1.11 bits per heavy atom. The molecule has 0 radical (unpaired) electrons. The van der Waals surface area contributed by atoms with Gasteiger partial charge in [0.2, 0.25) is 0 Å². The van der Waals surface area contributed by atoms with Crippen LogP contribution in [0.15, 0.2) is 17.5 Å². The molecule has 3 aliphatic heterocycles. The van der Waals surface area contributed by atoms with Gasteiger partial charge in [0.1, 0.15) is 0 Å². The van der Waals surface area contributed by atoms with E-state index in [4.69, 9.17) is 0 Å². The molecule has 5 heterocycles. The molecule has 2 aromatic rings. The van der Waals surface area contributed by atoms with E-state index in [2.05, 4.69) is 20.6 Å². The number of nitrogens with one attached hydrogen (secondary N) is 4. The van der Waals surface area contributed by atoms with Crippen LogP contribution in [0.5, 0.6) is 0 Å². The SMILES string of the molecule is CC1(CC(=O)O)/C2=C/C3NC(/C=c4\[nH]/c(c(CCC(=O)O)c4CC(=O)O)=C\c4[nH]c(c(CC(=O)O)c4CCC(=O)O)/C=C(\N2)C1CCC(=O)O)C(C)(CC(=O)O)C3CCC(=O)O. The predicted molar refractivity (Wildman–Crippen MR) is 215 cm³/mol. The quantitative estimate of drug-likeness (QED) is 0.0893. The van der Waals surface area contributed by atoms with E-state index in [0.717, 1.165) is 0 Å². The smallest absolute Gasteiger partial charge is 0.307 e. The maximum atomic E-state index is 12.6. The average molecular weight is 867 g/mol. The van der Waals surface area contributed by atoms with E-state index in [1.165, 1.54) is 12.2 Å². The largest absolute Gasteiger partial charge is 0.481 e. The van der Waals surface area contributed by atoms with E-state index in [9.17, 15) is 79.2 Å². The fourth-order valence-electron chi connectivity index (χ4n) is 9.61. The van der Waals surface area contributed by atoms with Crippen molar-refractivity contribution in [1.29, 1.82) is 0 Å². The Balaban J connectivity index is 1.99. The van der Waals surface area contributed by atoms with Crippen LogP contribution < -0.4 is 21.3 Å².